The molecule has 1 aliphatic heterocycles. The average molecular weight is 429 g/mol. The van der Waals surface area contributed by atoms with Gasteiger partial charge >= 0.3 is 6.18 Å². The van der Waals surface area contributed by atoms with E-state index in [9.17, 15) is 18.0 Å². The van der Waals surface area contributed by atoms with Crippen molar-refractivity contribution in [2.75, 3.05) is 31.1 Å². The predicted octanol–water partition coefficient (Wildman–Crippen LogP) is 2.96. The Morgan fingerprint density at radius 3 is 2.38 bits per heavy atom. The van der Waals surface area contributed by atoms with Crippen LogP contribution in [0.1, 0.15) is 36.6 Å². The number of aromatic nitrogens is 4. The normalized spacial score (nSPS) is 17.7. The summed E-state index contributed by atoms with van der Waals surface area (Å²) in [5.41, 5.74) is -0.664. The molecule has 156 valence electrons. The van der Waals surface area contributed by atoms with E-state index in [2.05, 4.69) is 15.1 Å². The van der Waals surface area contributed by atoms with Crippen molar-refractivity contribution in [3.63, 3.8) is 0 Å². The minimum absolute atomic E-state index is 0.00406. The molecule has 29 heavy (non-hydrogen) atoms. The van der Waals surface area contributed by atoms with Gasteiger partial charge in [0.2, 0.25) is 11.9 Å². The first kappa shape index (κ1) is 19.9. The van der Waals surface area contributed by atoms with E-state index in [0.29, 0.717) is 37.8 Å². The summed E-state index contributed by atoms with van der Waals surface area (Å²) in [7, 11) is 0. The van der Waals surface area contributed by atoms with E-state index >= 15 is 0 Å². The molecule has 0 bridgehead atoms. The lowest BCUT2D eigenvalue weighted by Gasteiger charge is -2.34. The Hall–Kier alpha value is -2.36. The fraction of sp³-hybridized carbons (Fsp3) is 0.556. The van der Waals surface area contributed by atoms with Gasteiger partial charge in [-0.05, 0) is 18.9 Å². The van der Waals surface area contributed by atoms with E-state index in [4.69, 9.17) is 11.6 Å². The Labute approximate surface area is 170 Å². The lowest BCUT2D eigenvalue weighted by atomic mass is 10.2. The van der Waals surface area contributed by atoms with Gasteiger partial charge in [-0.1, -0.05) is 11.6 Å². The molecule has 2 aromatic heterocycles. The van der Waals surface area contributed by atoms with Crippen LogP contribution in [0.5, 0.6) is 0 Å². The standard InChI is InChI=1S/C18H20ClF3N6O/c19-14-15(12-2-3-12)28(25-16(14)18(20,21)22)7-4-13(29)26-8-10-27(11-9-26)17-23-5-1-6-24-17/h1,5-6,12H,2-4,7-11H2. The molecule has 4 rings (SSSR count). The molecule has 1 aliphatic carbocycles. The number of alkyl halides is 3. The summed E-state index contributed by atoms with van der Waals surface area (Å²) < 4.78 is 40.7. The number of anilines is 1. The number of nitrogens with zero attached hydrogens (tertiary/aromatic N) is 6. The molecule has 3 heterocycles. The minimum atomic E-state index is -4.61. The van der Waals surface area contributed by atoms with Gasteiger partial charge in [-0.2, -0.15) is 18.3 Å². The highest BCUT2D eigenvalue weighted by molar-refractivity contribution is 6.32. The zero-order chi connectivity index (χ0) is 20.6. The van der Waals surface area contributed by atoms with Crippen molar-refractivity contribution in [2.24, 2.45) is 0 Å². The maximum atomic E-state index is 13.1. The molecule has 1 saturated carbocycles. The van der Waals surface area contributed by atoms with Gasteiger partial charge in [-0.15, -0.1) is 0 Å². The number of amides is 1. The molecule has 0 atom stereocenters. The van der Waals surface area contributed by atoms with Crippen molar-refractivity contribution in [3.8, 4) is 0 Å². The minimum Gasteiger partial charge on any atom is -0.339 e. The lowest BCUT2D eigenvalue weighted by molar-refractivity contribution is -0.141. The first-order valence-electron chi connectivity index (χ1n) is 9.47. The van der Waals surface area contributed by atoms with Crippen molar-refractivity contribution in [1.82, 2.24) is 24.6 Å². The van der Waals surface area contributed by atoms with Crippen molar-refractivity contribution in [3.05, 3.63) is 34.9 Å². The van der Waals surface area contributed by atoms with Gasteiger partial charge in [-0.3, -0.25) is 9.48 Å². The molecule has 0 unspecified atom stereocenters. The third-order valence-electron chi connectivity index (χ3n) is 5.17. The summed E-state index contributed by atoms with van der Waals surface area (Å²) >= 11 is 5.97. The van der Waals surface area contributed by atoms with E-state index in [0.717, 1.165) is 12.8 Å². The quantitative estimate of drug-likeness (QED) is 0.732. The number of halogens is 4. The van der Waals surface area contributed by atoms with Crippen LogP contribution in [0.4, 0.5) is 19.1 Å². The maximum Gasteiger partial charge on any atom is 0.436 e. The Morgan fingerprint density at radius 2 is 1.79 bits per heavy atom. The number of rotatable bonds is 5. The number of carbonyl (C=O) groups excluding carboxylic acids is 1. The summed E-state index contributed by atoms with van der Waals surface area (Å²) in [5.74, 6) is 0.510. The van der Waals surface area contributed by atoms with Gasteiger partial charge in [0.1, 0.15) is 0 Å². The number of piperazine rings is 1. The van der Waals surface area contributed by atoms with Crippen LogP contribution >= 0.6 is 11.6 Å². The number of aryl methyl sites for hydroxylation is 1. The zero-order valence-corrected chi connectivity index (χ0v) is 16.3. The monoisotopic (exact) mass is 428 g/mol. The molecule has 2 aromatic rings. The average Bonchev–Trinajstić information content (AvgIpc) is 3.48. The largest absolute Gasteiger partial charge is 0.436 e. The van der Waals surface area contributed by atoms with Crippen molar-refractivity contribution in [2.45, 2.75) is 37.9 Å². The molecular weight excluding hydrogens is 409 g/mol. The lowest BCUT2D eigenvalue weighted by Crippen LogP contribution is -2.49. The highest BCUT2D eigenvalue weighted by Crippen LogP contribution is 2.46. The first-order chi connectivity index (χ1) is 13.8. The molecule has 2 aliphatic rings. The van der Waals surface area contributed by atoms with E-state index in [-0.39, 0.29) is 29.8 Å². The molecule has 2 fully saturated rings. The topological polar surface area (TPSA) is 67.2 Å². The van der Waals surface area contributed by atoms with Crippen LogP contribution in [0.3, 0.4) is 0 Å². The number of hydrogen-bond acceptors (Lipinski definition) is 5. The van der Waals surface area contributed by atoms with E-state index in [1.165, 1.54) is 4.68 Å². The van der Waals surface area contributed by atoms with Gasteiger partial charge < -0.3 is 9.80 Å². The summed E-state index contributed by atoms with van der Waals surface area (Å²) in [6, 6.07) is 1.74. The molecule has 0 radical (unpaired) electrons. The van der Waals surface area contributed by atoms with Gasteiger partial charge in [0.15, 0.2) is 5.69 Å². The highest BCUT2D eigenvalue weighted by Gasteiger charge is 2.42. The molecular formula is C18H20ClF3N6O. The molecule has 0 N–H and O–H groups in total. The highest BCUT2D eigenvalue weighted by atomic mass is 35.5. The number of carbonyl (C=O) groups is 1. The van der Waals surface area contributed by atoms with Crippen LogP contribution in [-0.4, -0.2) is 56.7 Å². The van der Waals surface area contributed by atoms with Crippen LogP contribution in [0.2, 0.25) is 5.02 Å². The van der Waals surface area contributed by atoms with Crippen LogP contribution in [0.15, 0.2) is 18.5 Å². The Balaban J connectivity index is 1.37. The van der Waals surface area contributed by atoms with Crippen molar-refractivity contribution < 1.29 is 18.0 Å². The Bertz CT molecular complexity index is 876. The van der Waals surface area contributed by atoms with Gasteiger partial charge in [0, 0.05) is 50.9 Å². The summed E-state index contributed by atoms with van der Waals surface area (Å²) in [4.78, 5) is 24.7. The Kier molecular flexibility index (Phi) is 5.37. The summed E-state index contributed by atoms with van der Waals surface area (Å²) in [5, 5.41) is 3.35. The number of hydrogen-bond donors (Lipinski definition) is 0. The second-order valence-electron chi connectivity index (χ2n) is 7.21. The molecule has 0 aromatic carbocycles. The van der Waals surface area contributed by atoms with Crippen LogP contribution in [-0.2, 0) is 17.5 Å². The molecule has 1 amide bonds. The zero-order valence-electron chi connectivity index (χ0n) is 15.6. The van der Waals surface area contributed by atoms with Crippen LogP contribution in [0, 0.1) is 0 Å². The third kappa shape index (κ3) is 4.31. The molecule has 1 saturated heterocycles. The van der Waals surface area contributed by atoms with Crippen LogP contribution < -0.4 is 4.90 Å². The predicted molar refractivity (Wildman–Crippen MR) is 99.7 cm³/mol. The first-order valence-corrected chi connectivity index (χ1v) is 9.85. The van der Waals surface area contributed by atoms with Gasteiger partial charge in [0.05, 0.1) is 17.3 Å². The summed E-state index contributed by atoms with van der Waals surface area (Å²) in [6.45, 7) is 2.33. The van der Waals surface area contributed by atoms with Gasteiger partial charge in [-0.25, -0.2) is 9.97 Å². The fourth-order valence-electron chi connectivity index (χ4n) is 3.52. The van der Waals surface area contributed by atoms with Crippen molar-refractivity contribution >= 4 is 23.5 Å². The van der Waals surface area contributed by atoms with Crippen LogP contribution in [0.25, 0.3) is 0 Å². The Morgan fingerprint density at radius 1 is 1.14 bits per heavy atom. The fourth-order valence-corrected chi connectivity index (χ4v) is 3.92. The molecule has 7 nitrogen and oxygen atoms in total. The van der Waals surface area contributed by atoms with Gasteiger partial charge in [0.25, 0.3) is 0 Å². The maximum absolute atomic E-state index is 13.1. The molecule has 0 spiro atoms. The third-order valence-corrected chi connectivity index (χ3v) is 5.54. The second kappa shape index (κ2) is 7.81. The van der Waals surface area contributed by atoms with E-state index < -0.39 is 11.9 Å². The van der Waals surface area contributed by atoms with Crippen molar-refractivity contribution in [1.29, 1.82) is 0 Å². The molecule has 11 heteroatoms. The van der Waals surface area contributed by atoms with E-state index in [1.807, 2.05) is 4.90 Å². The smallest absolute Gasteiger partial charge is 0.339 e. The second-order valence-corrected chi connectivity index (χ2v) is 7.59. The SMILES string of the molecule is O=C(CCn1nc(C(F)(F)F)c(Cl)c1C1CC1)N1CCN(c2ncccn2)CC1. The summed E-state index contributed by atoms with van der Waals surface area (Å²) in [6.07, 6.45) is 0.395. The van der Waals surface area contributed by atoms with E-state index in [1.54, 1.807) is 23.4 Å².